The molecule has 0 radical (unpaired) electrons. The van der Waals surface area contributed by atoms with Gasteiger partial charge in [-0.25, -0.2) is 4.79 Å². The predicted molar refractivity (Wildman–Crippen MR) is 72.8 cm³/mol. The van der Waals surface area contributed by atoms with E-state index < -0.39 is 11.7 Å². The highest BCUT2D eigenvalue weighted by Crippen LogP contribution is 2.28. The fourth-order valence-corrected chi connectivity index (χ4v) is 1.46. The Hall–Kier alpha value is -1.30. The standard InChI is InChI=1S/C13H25N3O3/c1-13(2,3)19-12(18)16-9-7-14-6-8-15-11(17)10-4-5-10/h10,14H,4-9H2,1-3H3,(H,15,17)(H,16,18). The summed E-state index contributed by atoms with van der Waals surface area (Å²) >= 11 is 0. The number of ether oxygens (including phenoxy) is 1. The lowest BCUT2D eigenvalue weighted by atomic mass is 10.2. The Morgan fingerprint density at radius 2 is 1.63 bits per heavy atom. The Morgan fingerprint density at radius 3 is 2.16 bits per heavy atom. The van der Waals surface area contributed by atoms with Gasteiger partial charge in [0.25, 0.3) is 0 Å². The summed E-state index contributed by atoms with van der Waals surface area (Å²) in [6.07, 6.45) is 1.65. The number of hydrogen-bond acceptors (Lipinski definition) is 4. The van der Waals surface area contributed by atoms with Crippen LogP contribution >= 0.6 is 0 Å². The Morgan fingerprint density at radius 1 is 1.05 bits per heavy atom. The minimum Gasteiger partial charge on any atom is -0.444 e. The molecule has 3 N–H and O–H groups in total. The molecule has 2 amide bonds. The van der Waals surface area contributed by atoms with Crippen LogP contribution in [0.3, 0.4) is 0 Å². The van der Waals surface area contributed by atoms with Crippen molar-refractivity contribution in [2.75, 3.05) is 26.2 Å². The number of rotatable bonds is 7. The average molecular weight is 271 g/mol. The van der Waals surface area contributed by atoms with Gasteiger partial charge in [-0.05, 0) is 33.6 Å². The molecule has 1 rings (SSSR count). The van der Waals surface area contributed by atoms with Gasteiger partial charge in [0.1, 0.15) is 5.60 Å². The number of carbonyl (C=O) groups excluding carboxylic acids is 2. The van der Waals surface area contributed by atoms with Crippen LogP contribution in [0, 0.1) is 5.92 Å². The molecular formula is C13H25N3O3. The monoisotopic (exact) mass is 271 g/mol. The maximum Gasteiger partial charge on any atom is 0.407 e. The molecule has 110 valence electrons. The van der Waals surface area contributed by atoms with E-state index in [9.17, 15) is 9.59 Å². The molecule has 1 aliphatic rings. The molecule has 0 aromatic heterocycles. The highest BCUT2D eigenvalue weighted by atomic mass is 16.6. The van der Waals surface area contributed by atoms with Crippen LogP contribution in [0.15, 0.2) is 0 Å². The van der Waals surface area contributed by atoms with Gasteiger partial charge in [0.15, 0.2) is 0 Å². The first kappa shape index (κ1) is 15.8. The first-order valence-electron chi connectivity index (χ1n) is 6.84. The zero-order chi connectivity index (χ0) is 14.3. The van der Waals surface area contributed by atoms with E-state index in [2.05, 4.69) is 16.0 Å². The van der Waals surface area contributed by atoms with Gasteiger partial charge in [-0.15, -0.1) is 0 Å². The molecule has 6 heteroatoms. The maximum absolute atomic E-state index is 11.3. The van der Waals surface area contributed by atoms with E-state index in [1.54, 1.807) is 0 Å². The molecule has 1 saturated carbocycles. The highest BCUT2D eigenvalue weighted by Gasteiger charge is 2.28. The van der Waals surface area contributed by atoms with Gasteiger partial charge < -0.3 is 20.7 Å². The van der Waals surface area contributed by atoms with Crippen LogP contribution in [0.2, 0.25) is 0 Å². The van der Waals surface area contributed by atoms with Crippen LogP contribution in [0.4, 0.5) is 4.79 Å². The number of amides is 2. The van der Waals surface area contributed by atoms with E-state index in [-0.39, 0.29) is 11.8 Å². The summed E-state index contributed by atoms with van der Waals surface area (Å²) in [6.45, 7) is 7.97. The number of alkyl carbamates (subject to hydrolysis) is 1. The second-order valence-electron chi connectivity index (χ2n) is 5.74. The van der Waals surface area contributed by atoms with E-state index in [0.29, 0.717) is 26.2 Å². The van der Waals surface area contributed by atoms with Crippen molar-refractivity contribution < 1.29 is 14.3 Å². The molecule has 1 aliphatic carbocycles. The summed E-state index contributed by atoms with van der Waals surface area (Å²) in [5.41, 5.74) is -0.468. The van der Waals surface area contributed by atoms with Crippen molar-refractivity contribution in [2.24, 2.45) is 5.92 Å². The molecule has 6 nitrogen and oxygen atoms in total. The van der Waals surface area contributed by atoms with Crippen molar-refractivity contribution >= 4 is 12.0 Å². The fraction of sp³-hybridized carbons (Fsp3) is 0.846. The van der Waals surface area contributed by atoms with Crippen molar-refractivity contribution in [3.63, 3.8) is 0 Å². The van der Waals surface area contributed by atoms with E-state index in [1.165, 1.54) is 0 Å². The normalized spacial score (nSPS) is 14.9. The SMILES string of the molecule is CC(C)(C)OC(=O)NCCNCCNC(=O)C1CC1. The average Bonchev–Trinajstić information content (AvgIpc) is 3.08. The molecule has 1 fully saturated rings. The lowest BCUT2D eigenvalue weighted by molar-refractivity contribution is -0.122. The quantitative estimate of drug-likeness (QED) is 0.593. The topological polar surface area (TPSA) is 79.5 Å². The smallest absolute Gasteiger partial charge is 0.407 e. The molecular weight excluding hydrogens is 246 g/mol. The van der Waals surface area contributed by atoms with E-state index in [0.717, 1.165) is 12.8 Å². The zero-order valence-electron chi connectivity index (χ0n) is 12.0. The van der Waals surface area contributed by atoms with Gasteiger partial charge in [-0.1, -0.05) is 0 Å². The van der Waals surface area contributed by atoms with Gasteiger partial charge >= 0.3 is 6.09 Å². The van der Waals surface area contributed by atoms with Gasteiger partial charge in [0, 0.05) is 32.1 Å². The summed E-state index contributed by atoms with van der Waals surface area (Å²) in [5, 5.41) is 8.65. The fourth-order valence-electron chi connectivity index (χ4n) is 1.46. The Balaban J connectivity index is 1.87. The summed E-state index contributed by atoms with van der Waals surface area (Å²) in [5.74, 6) is 0.419. The third kappa shape index (κ3) is 8.42. The molecule has 19 heavy (non-hydrogen) atoms. The van der Waals surface area contributed by atoms with Crippen LogP contribution in [0.1, 0.15) is 33.6 Å². The van der Waals surface area contributed by atoms with Crippen molar-refractivity contribution in [3.8, 4) is 0 Å². The molecule has 0 bridgehead atoms. The summed E-state index contributed by atoms with van der Waals surface area (Å²) in [7, 11) is 0. The largest absolute Gasteiger partial charge is 0.444 e. The minimum atomic E-state index is -0.468. The predicted octanol–water partition coefficient (Wildman–Crippen LogP) is 0.627. The van der Waals surface area contributed by atoms with E-state index in [4.69, 9.17) is 4.74 Å². The Kier molecular flexibility index (Phi) is 6.08. The van der Waals surface area contributed by atoms with Crippen LogP contribution < -0.4 is 16.0 Å². The molecule has 0 atom stereocenters. The highest BCUT2D eigenvalue weighted by molar-refractivity contribution is 5.80. The minimum absolute atomic E-state index is 0.161. The van der Waals surface area contributed by atoms with Crippen molar-refractivity contribution in [1.82, 2.24) is 16.0 Å². The molecule has 0 aromatic rings. The Labute approximate surface area is 114 Å². The lowest BCUT2D eigenvalue weighted by Gasteiger charge is -2.19. The lowest BCUT2D eigenvalue weighted by Crippen LogP contribution is -2.38. The van der Waals surface area contributed by atoms with Crippen LogP contribution in [0.25, 0.3) is 0 Å². The van der Waals surface area contributed by atoms with Crippen LogP contribution in [0.5, 0.6) is 0 Å². The van der Waals surface area contributed by atoms with Crippen molar-refractivity contribution in [3.05, 3.63) is 0 Å². The third-order valence-corrected chi connectivity index (χ3v) is 2.52. The second kappa shape index (κ2) is 7.33. The van der Waals surface area contributed by atoms with Gasteiger partial charge in [0.05, 0.1) is 0 Å². The summed E-state index contributed by atoms with van der Waals surface area (Å²) in [6, 6.07) is 0. The van der Waals surface area contributed by atoms with Crippen LogP contribution in [-0.4, -0.2) is 43.8 Å². The summed E-state index contributed by atoms with van der Waals surface area (Å²) in [4.78, 5) is 22.6. The number of hydrogen-bond donors (Lipinski definition) is 3. The van der Waals surface area contributed by atoms with E-state index in [1.807, 2.05) is 20.8 Å². The first-order chi connectivity index (χ1) is 8.88. The molecule has 0 unspecified atom stereocenters. The second-order valence-corrected chi connectivity index (χ2v) is 5.74. The van der Waals surface area contributed by atoms with Gasteiger partial charge in [0.2, 0.25) is 5.91 Å². The van der Waals surface area contributed by atoms with E-state index >= 15 is 0 Å². The molecule has 0 spiro atoms. The van der Waals surface area contributed by atoms with Crippen LogP contribution in [-0.2, 0) is 9.53 Å². The molecule has 0 aliphatic heterocycles. The molecule has 0 saturated heterocycles. The molecule has 0 heterocycles. The molecule has 0 aromatic carbocycles. The number of nitrogens with one attached hydrogen (secondary N) is 3. The number of carbonyl (C=O) groups is 2. The summed E-state index contributed by atoms with van der Waals surface area (Å²) < 4.78 is 5.10. The van der Waals surface area contributed by atoms with Gasteiger partial charge in [-0.3, -0.25) is 4.79 Å². The Bertz CT molecular complexity index is 309. The maximum atomic E-state index is 11.3. The first-order valence-corrected chi connectivity index (χ1v) is 6.84. The van der Waals surface area contributed by atoms with Gasteiger partial charge in [-0.2, -0.15) is 0 Å². The zero-order valence-corrected chi connectivity index (χ0v) is 12.0. The third-order valence-electron chi connectivity index (χ3n) is 2.52. The van der Waals surface area contributed by atoms with Crippen molar-refractivity contribution in [1.29, 1.82) is 0 Å². The van der Waals surface area contributed by atoms with Crippen molar-refractivity contribution in [2.45, 2.75) is 39.2 Å².